The number of benzene rings is 3. The fourth-order valence-corrected chi connectivity index (χ4v) is 5.03. The first-order valence-corrected chi connectivity index (χ1v) is 12.1. The number of hydrogen-bond acceptors (Lipinski definition) is 5. The molecular weight excluding hydrogens is 486 g/mol. The average molecular weight is 506 g/mol. The number of anilines is 1. The standard InChI is InChI=1S/C29H20ClN5O2/c1-37-19-13-11-17(12-14-19)20-15-24(27-32-22-9-5-6-10-23(22)33-27)34-28(21(20)16-31)35-26(25(30)29(35)36)18-7-3-2-4-8-18/h2-15,25-26H,1H3,(H,32,33). The number of β-lactam (4-membered cyclic amide) rings is 1. The van der Waals surface area contributed by atoms with Crippen molar-refractivity contribution in [3.05, 3.63) is 96.1 Å². The van der Waals surface area contributed by atoms with Crippen LogP contribution in [0.3, 0.4) is 0 Å². The highest BCUT2D eigenvalue weighted by atomic mass is 35.5. The Labute approximate surface area is 217 Å². The zero-order valence-corrected chi connectivity index (χ0v) is 20.5. The highest BCUT2D eigenvalue weighted by Crippen LogP contribution is 2.45. The summed E-state index contributed by atoms with van der Waals surface area (Å²) in [5, 5.41) is 9.55. The van der Waals surface area contributed by atoms with Crippen LogP contribution in [0.1, 0.15) is 17.2 Å². The molecule has 7 nitrogen and oxygen atoms in total. The topological polar surface area (TPSA) is 94.9 Å². The van der Waals surface area contributed by atoms with E-state index in [9.17, 15) is 10.1 Å². The number of carbonyl (C=O) groups is 1. The van der Waals surface area contributed by atoms with E-state index < -0.39 is 11.4 Å². The van der Waals surface area contributed by atoms with Crippen molar-refractivity contribution in [2.45, 2.75) is 11.4 Å². The molecule has 5 aromatic rings. The minimum atomic E-state index is -0.755. The number of aromatic nitrogens is 3. The number of ether oxygens (including phenoxy) is 1. The lowest BCUT2D eigenvalue weighted by atomic mass is 9.91. The van der Waals surface area contributed by atoms with Crippen molar-refractivity contribution in [3.8, 4) is 34.5 Å². The monoisotopic (exact) mass is 505 g/mol. The van der Waals surface area contributed by atoms with Gasteiger partial charge in [-0.05, 0) is 41.5 Å². The van der Waals surface area contributed by atoms with Crippen LogP contribution in [0, 0.1) is 11.3 Å². The second kappa shape index (κ2) is 9.08. The summed E-state index contributed by atoms with van der Waals surface area (Å²) in [5.74, 6) is 1.18. The van der Waals surface area contributed by atoms with Crippen LogP contribution in [0.15, 0.2) is 84.9 Å². The van der Waals surface area contributed by atoms with Gasteiger partial charge in [-0.25, -0.2) is 9.97 Å². The molecule has 0 saturated carbocycles. The number of H-pyrrole nitrogens is 1. The van der Waals surface area contributed by atoms with Crippen LogP contribution in [-0.4, -0.2) is 33.3 Å². The van der Waals surface area contributed by atoms with Gasteiger partial charge in [0.2, 0.25) is 5.91 Å². The van der Waals surface area contributed by atoms with Gasteiger partial charge in [-0.15, -0.1) is 11.6 Å². The fraction of sp³-hybridized carbons (Fsp3) is 0.103. The van der Waals surface area contributed by atoms with Crippen molar-refractivity contribution in [1.82, 2.24) is 15.0 Å². The highest BCUT2D eigenvalue weighted by Gasteiger charge is 2.49. The van der Waals surface area contributed by atoms with E-state index in [4.69, 9.17) is 26.3 Å². The first-order valence-electron chi connectivity index (χ1n) is 11.7. The Morgan fingerprint density at radius 3 is 2.43 bits per heavy atom. The molecule has 0 spiro atoms. The molecule has 180 valence electrons. The first-order chi connectivity index (χ1) is 18.1. The molecule has 1 saturated heterocycles. The summed E-state index contributed by atoms with van der Waals surface area (Å²) >= 11 is 6.51. The Morgan fingerprint density at radius 2 is 1.73 bits per heavy atom. The van der Waals surface area contributed by atoms with E-state index in [1.807, 2.05) is 84.9 Å². The maximum atomic E-state index is 13.1. The van der Waals surface area contributed by atoms with Gasteiger partial charge in [0, 0.05) is 5.56 Å². The zero-order valence-electron chi connectivity index (χ0n) is 19.7. The van der Waals surface area contributed by atoms with Gasteiger partial charge in [-0.2, -0.15) is 5.26 Å². The van der Waals surface area contributed by atoms with Crippen LogP contribution in [0.4, 0.5) is 5.82 Å². The lowest BCUT2D eigenvalue weighted by molar-refractivity contribution is -0.123. The van der Waals surface area contributed by atoms with Gasteiger partial charge >= 0.3 is 0 Å². The smallest absolute Gasteiger partial charge is 0.249 e. The van der Waals surface area contributed by atoms with E-state index in [1.54, 1.807) is 7.11 Å². The number of carbonyl (C=O) groups excluding carboxylic acids is 1. The molecule has 0 radical (unpaired) electrons. The van der Waals surface area contributed by atoms with Gasteiger partial charge in [-0.3, -0.25) is 9.69 Å². The van der Waals surface area contributed by atoms with Crippen LogP contribution in [-0.2, 0) is 4.79 Å². The molecule has 1 N–H and O–H groups in total. The maximum Gasteiger partial charge on any atom is 0.249 e. The van der Waals surface area contributed by atoms with Crippen LogP contribution in [0.5, 0.6) is 5.75 Å². The Bertz CT molecular complexity index is 1640. The zero-order chi connectivity index (χ0) is 25.5. The molecular formula is C29H20ClN5O2. The van der Waals surface area contributed by atoms with Gasteiger partial charge in [0.1, 0.15) is 28.5 Å². The summed E-state index contributed by atoms with van der Waals surface area (Å²) in [6.45, 7) is 0. The van der Waals surface area contributed by atoms with Crippen molar-refractivity contribution in [3.63, 3.8) is 0 Å². The largest absolute Gasteiger partial charge is 0.497 e. The summed E-state index contributed by atoms with van der Waals surface area (Å²) < 4.78 is 5.31. The molecule has 2 atom stereocenters. The van der Waals surface area contributed by atoms with Gasteiger partial charge in [-0.1, -0.05) is 54.6 Å². The Morgan fingerprint density at radius 1 is 1.00 bits per heavy atom. The molecule has 37 heavy (non-hydrogen) atoms. The minimum Gasteiger partial charge on any atom is -0.497 e. The van der Waals surface area contributed by atoms with Crippen LogP contribution in [0.2, 0.25) is 0 Å². The Kier molecular flexibility index (Phi) is 5.59. The number of fused-ring (bicyclic) bond motifs is 1. The maximum absolute atomic E-state index is 13.1. The molecule has 6 rings (SSSR count). The molecule has 0 bridgehead atoms. The van der Waals surface area contributed by atoms with E-state index in [-0.39, 0.29) is 17.3 Å². The summed E-state index contributed by atoms with van der Waals surface area (Å²) in [6, 6.07) is 28.3. The normalized spacial score (nSPS) is 16.9. The van der Waals surface area contributed by atoms with Crippen molar-refractivity contribution in [2.75, 3.05) is 12.0 Å². The number of nitrogens with one attached hydrogen (secondary N) is 1. The lowest BCUT2D eigenvalue weighted by Gasteiger charge is -2.44. The number of methoxy groups -OCH3 is 1. The van der Waals surface area contributed by atoms with Gasteiger partial charge in [0.25, 0.3) is 0 Å². The number of pyridine rings is 1. The minimum absolute atomic E-state index is 0.252. The number of nitrogens with zero attached hydrogens (tertiary/aromatic N) is 4. The van der Waals surface area contributed by atoms with Crippen LogP contribution in [0.25, 0.3) is 33.7 Å². The van der Waals surface area contributed by atoms with Gasteiger partial charge < -0.3 is 9.72 Å². The molecule has 2 unspecified atom stereocenters. The molecule has 3 heterocycles. The predicted octanol–water partition coefficient (Wildman–Crippen LogP) is 5.87. The van der Waals surface area contributed by atoms with Crippen LogP contribution < -0.4 is 9.64 Å². The number of halogens is 1. The summed E-state index contributed by atoms with van der Waals surface area (Å²) in [6.07, 6.45) is 0. The summed E-state index contributed by atoms with van der Waals surface area (Å²) in [5.41, 5.74) is 4.72. The van der Waals surface area contributed by atoms with Gasteiger partial charge in [0.05, 0.1) is 24.2 Å². The summed E-state index contributed by atoms with van der Waals surface area (Å²) in [7, 11) is 1.60. The third-order valence-electron chi connectivity index (χ3n) is 6.54. The van der Waals surface area contributed by atoms with Crippen molar-refractivity contribution >= 4 is 34.4 Å². The van der Waals surface area contributed by atoms with E-state index >= 15 is 0 Å². The van der Waals surface area contributed by atoms with Crippen molar-refractivity contribution < 1.29 is 9.53 Å². The Balaban J connectivity index is 1.58. The summed E-state index contributed by atoms with van der Waals surface area (Å²) in [4.78, 5) is 27.5. The van der Waals surface area contributed by atoms with E-state index in [0.717, 1.165) is 22.2 Å². The third kappa shape index (κ3) is 3.79. The van der Waals surface area contributed by atoms with Crippen molar-refractivity contribution in [2.24, 2.45) is 0 Å². The second-order valence-electron chi connectivity index (χ2n) is 8.66. The van der Waals surface area contributed by atoms with Crippen molar-refractivity contribution in [1.29, 1.82) is 5.26 Å². The number of alkyl halides is 1. The molecule has 3 aromatic carbocycles. The second-order valence-corrected chi connectivity index (χ2v) is 9.13. The average Bonchev–Trinajstić information content (AvgIpc) is 3.39. The SMILES string of the molecule is COc1ccc(-c2cc(-c3nc4ccccc4[nH]3)nc(N3C(=O)C(Cl)C3c3ccccc3)c2C#N)cc1. The van der Waals surface area contributed by atoms with E-state index in [0.29, 0.717) is 22.8 Å². The molecule has 1 aliphatic rings. The molecule has 0 aliphatic carbocycles. The Hall–Kier alpha value is -4.67. The molecule has 8 heteroatoms. The molecule has 1 aliphatic heterocycles. The fourth-order valence-electron chi connectivity index (χ4n) is 4.67. The molecule has 2 aromatic heterocycles. The lowest BCUT2D eigenvalue weighted by Crippen LogP contribution is -2.57. The predicted molar refractivity (Wildman–Crippen MR) is 142 cm³/mol. The number of rotatable bonds is 5. The third-order valence-corrected chi connectivity index (χ3v) is 6.97. The quantitative estimate of drug-likeness (QED) is 0.238. The highest BCUT2D eigenvalue weighted by molar-refractivity contribution is 6.37. The number of aromatic amines is 1. The van der Waals surface area contributed by atoms with Gasteiger partial charge in [0.15, 0.2) is 11.6 Å². The van der Waals surface area contributed by atoms with E-state index in [1.165, 1.54) is 4.90 Å². The molecule has 1 fully saturated rings. The number of imidazole rings is 1. The number of nitriles is 1. The first kappa shape index (κ1) is 22.8. The number of para-hydroxylation sites is 2. The van der Waals surface area contributed by atoms with Crippen LogP contribution >= 0.6 is 11.6 Å². The number of hydrogen-bond donors (Lipinski definition) is 1. The molecule has 1 amide bonds. The van der Waals surface area contributed by atoms with E-state index in [2.05, 4.69) is 11.1 Å². The number of amides is 1.